The van der Waals surface area contributed by atoms with Gasteiger partial charge in [0.25, 0.3) is 5.56 Å². The van der Waals surface area contributed by atoms with E-state index in [2.05, 4.69) is 0 Å². The molecular formula is C20H25N3O2S. The second-order valence-electron chi connectivity index (χ2n) is 7.26. The maximum absolute atomic E-state index is 12.9. The van der Waals surface area contributed by atoms with E-state index in [1.165, 1.54) is 31.0 Å². The molecule has 0 N–H and O–H groups in total. The Bertz CT molecular complexity index is 852. The highest BCUT2D eigenvalue weighted by molar-refractivity contribution is 7.99. The molecule has 2 aliphatic rings. The van der Waals surface area contributed by atoms with Crippen molar-refractivity contribution in [2.75, 3.05) is 18.8 Å². The highest BCUT2D eigenvalue weighted by Crippen LogP contribution is 2.36. The number of nitrogens with zero attached hydrogens (tertiary/aromatic N) is 3. The zero-order chi connectivity index (χ0) is 17.9. The SMILES string of the molecule is O=C(CSc1nc2ccccc2c(=O)n1C1CC1)N1CCCCCCC1. The van der Waals surface area contributed by atoms with E-state index in [-0.39, 0.29) is 17.5 Å². The van der Waals surface area contributed by atoms with Crippen LogP contribution in [0.25, 0.3) is 10.9 Å². The summed E-state index contributed by atoms with van der Waals surface area (Å²) < 4.78 is 1.81. The highest BCUT2D eigenvalue weighted by Gasteiger charge is 2.29. The van der Waals surface area contributed by atoms with Gasteiger partial charge in [-0.05, 0) is 37.8 Å². The average Bonchev–Trinajstić information content (AvgIpc) is 3.44. The van der Waals surface area contributed by atoms with Crippen molar-refractivity contribution in [1.29, 1.82) is 0 Å². The fraction of sp³-hybridized carbons (Fsp3) is 0.550. The molecule has 2 heterocycles. The lowest BCUT2D eigenvalue weighted by molar-refractivity contribution is -0.128. The average molecular weight is 372 g/mol. The molecule has 0 unspecified atom stereocenters. The second kappa shape index (κ2) is 7.82. The Kier molecular flexibility index (Phi) is 5.29. The Morgan fingerprint density at radius 1 is 1.08 bits per heavy atom. The lowest BCUT2D eigenvalue weighted by atomic mass is 10.1. The minimum absolute atomic E-state index is 0.0271. The van der Waals surface area contributed by atoms with E-state index in [4.69, 9.17) is 4.98 Å². The van der Waals surface area contributed by atoms with Crippen LogP contribution in [0.5, 0.6) is 0 Å². The fourth-order valence-corrected chi connectivity index (χ4v) is 4.57. The number of hydrogen-bond acceptors (Lipinski definition) is 4. The van der Waals surface area contributed by atoms with Crippen LogP contribution in [0, 0.1) is 0 Å². The first-order chi connectivity index (χ1) is 12.7. The molecule has 0 radical (unpaired) electrons. The van der Waals surface area contributed by atoms with Gasteiger partial charge < -0.3 is 4.90 Å². The molecule has 0 bridgehead atoms. The summed E-state index contributed by atoms with van der Waals surface area (Å²) in [6.07, 6.45) is 7.94. The zero-order valence-electron chi connectivity index (χ0n) is 15.0. The molecule has 1 saturated heterocycles. The number of carbonyl (C=O) groups excluding carboxylic acids is 1. The molecule has 6 heteroatoms. The summed E-state index contributed by atoms with van der Waals surface area (Å²) in [7, 11) is 0. The van der Waals surface area contributed by atoms with E-state index in [1.54, 1.807) is 0 Å². The molecule has 0 atom stereocenters. The van der Waals surface area contributed by atoms with Gasteiger partial charge in [0.15, 0.2) is 5.16 Å². The first-order valence-corrected chi connectivity index (χ1v) is 10.6. The number of amides is 1. The van der Waals surface area contributed by atoms with Gasteiger partial charge >= 0.3 is 0 Å². The van der Waals surface area contributed by atoms with Gasteiger partial charge in [0.2, 0.25) is 5.91 Å². The van der Waals surface area contributed by atoms with E-state index in [0.29, 0.717) is 16.3 Å². The topological polar surface area (TPSA) is 55.2 Å². The lowest BCUT2D eigenvalue weighted by Gasteiger charge is -2.24. The molecule has 1 amide bonds. The van der Waals surface area contributed by atoms with Crippen LogP contribution in [-0.4, -0.2) is 39.2 Å². The summed E-state index contributed by atoms with van der Waals surface area (Å²) in [6, 6.07) is 7.73. The Labute approximate surface area is 157 Å². The minimum Gasteiger partial charge on any atom is -0.342 e. The molecule has 2 aromatic rings. The number of hydrogen-bond donors (Lipinski definition) is 0. The Balaban J connectivity index is 1.54. The third-order valence-corrected chi connectivity index (χ3v) is 6.16. The number of para-hydroxylation sites is 1. The van der Waals surface area contributed by atoms with Crippen molar-refractivity contribution in [3.63, 3.8) is 0 Å². The molecule has 2 fully saturated rings. The Morgan fingerprint density at radius 3 is 2.50 bits per heavy atom. The van der Waals surface area contributed by atoms with Gasteiger partial charge in [-0.2, -0.15) is 0 Å². The van der Waals surface area contributed by atoms with E-state index in [0.717, 1.165) is 44.3 Å². The van der Waals surface area contributed by atoms with Gasteiger partial charge in [-0.3, -0.25) is 14.2 Å². The van der Waals surface area contributed by atoms with E-state index in [9.17, 15) is 9.59 Å². The van der Waals surface area contributed by atoms with Gasteiger partial charge in [-0.15, -0.1) is 0 Å². The number of aromatic nitrogens is 2. The molecule has 1 saturated carbocycles. The van der Waals surface area contributed by atoms with Crippen LogP contribution in [0.4, 0.5) is 0 Å². The molecule has 0 spiro atoms. The molecule has 1 aliphatic carbocycles. The second-order valence-corrected chi connectivity index (χ2v) is 8.20. The van der Waals surface area contributed by atoms with Crippen LogP contribution < -0.4 is 5.56 Å². The fourth-order valence-electron chi connectivity index (χ4n) is 3.60. The van der Waals surface area contributed by atoms with Crippen molar-refractivity contribution in [1.82, 2.24) is 14.5 Å². The zero-order valence-corrected chi connectivity index (χ0v) is 15.8. The molecule has 26 heavy (non-hydrogen) atoms. The van der Waals surface area contributed by atoms with Crippen molar-refractivity contribution >= 4 is 28.6 Å². The van der Waals surface area contributed by atoms with Gasteiger partial charge in [-0.1, -0.05) is 43.2 Å². The van der Waals surface area contributed by atoms with Crippen molar-refractivity contribution in [2.24, 2.45) is 0 Å². The van der Waals surface area contributed by atoms with Crippen molar-refractivity contribution in [3.8, 4) is 0 Å². The maximum atomic E-state index is 12.9. The first kappa shape index (κ1) is 17.6. The van der Waals surface area contributed by atoms with Gasteiger partial charge in [0, 0.05) is 19.1 Å². The number of carbonyl (C=O) groups is 1. The van der Waals surface area contributed by atoms with Crippen LogP contribution in [0.15, 0.2) is 34.2 Å². The van der Waals surface area contributed by atoms with E-state index in [1.807, 2.05) is 33.7 Å². The number of likely N-dealkylation sites (tertiary alicyclic amines) is 1. The summed E-state index contributed by atoms with van der Waals surface area (Å²) in [5, 5.41) is 1.36. The van der Waals surface area contributed by atoms with Crippen LogP contribution in [0.3, 0.4) is 0 Å². The Hall–Kier alpha value is -1.82. The molecular weight excluding hydrogens is 346 g/mol. The van der Waals surface area contributed by atoms with Gasteiger partial charge in [0.1, 0.15) is 0 Å². The largest absolute Gasteiger partial charge is 0.342 e. The Morgan fingerprint density at radius 2 is 1.77 bits per heavy atom. The quantitative estimate of drug-likeness (QED) is 0.608. The normalized spacial score (nSPS) is 18.5. The molecule has 138 valence electrons. The summed E-state index contributed by atoms with van der Waals surface area (Å²) in [6.45, 7) is 1.72. The highest BCUT2D eigenvalue weighted by atomic mass is 32.2. The van der Waals surface area contributed by atoms with Crippen molar-refractivity contribution in [2.45, 2.75) is 56.1 Å². The summed E-state index contributed by atoms with van der Waals surface area (Å²) in [4.78, 5) is 32.2. The van der Waals surface area contributed by atoms with E-state index < -0.39 is 0 Å². The smallest absolute Gasteiger partial charge is 0.262 e. The molecule has 1 aliphatic heterocycles. The standard InChI is InChI=1S/C20H25N3O2S/c24-18(22-12-6-2-1-3-7-13-22)14-26-20-21-17-9-5-4-8-16(17)19(25)23(20)15-10-11-15/h4-5,8-9,15H,1-3,6-7,10-14H2. The maximum Gasteiger partial charge on any atom is 0.262 e. The van der Waals surface area contributed by atoms with Crippen LogP contribution >= 0.6 is 11.8 Å². The van der Waals surface area contributed by atoms with Gasteiger partial charge in [-0.25, -0.2) is 4.98 Å². The lowest BCUT2D eigenvalue weighted by Crippen LogP contribution is -2.35. The van der Waals surface area contributed by atoms with Crippen molar-refractivity contribution < 1.29 is 4.79 Å². The van der Waals surface area contributed by atoms with Crippen LogP contribution in [-0.2, 0) is 4.79 Å². The third kappa shape index (κ3) is 3.80. The molecule has 4 rings (SSSR count). The van der Waals surface area contributed by atoms with Crippen LogP contribution in [0.1, 0.15) is 51.0 Å². The number of fused-ring (bicyclic) bond motifs is 1. The molecule has 5 nitrogen and oxygen atoms in total. The number of benzene rings is 1. The third-order valence-electron chi connectivity index (χ3n) is 5.22. The minimum atomic E-state index is 0.0271. The van der Waals surface area contributed by atoms with E-state index >= 15 is 0 Å². The van der Waals surface area contributed by atoms with Crippen LogP contribution in [0.2, 0.25) is 0 Å². The molecule has 1 aromatic carbocycles. The van der Waals surface area contributed by atoms with Gasteiger partial charge in [0.05, 0.1) is 16.7 Å². The number of thioether (sulfide) groups is 1. The predicted octanol–water partition coefficient (Wildman–Crippen LogP) is 3.62. The number of rotatable bonds is 4. The van der Waals surface area contributed by atoms with Crippen molar-refractivity contribution in [3.05, 3.63) is 34.6 Å². The monoisotopic (exact) mass is 371 g/mol. The summed E-state index contributed by atoms with van der Waals surface area (Å²) >= 11 is 1.42. The summed E-state index contributed by atoms with van der Waals surface area (Å²) in [5.74, 6) is 0.527. The summed E-state index contributed by atoms with van der Waals surface area (Å²) in [5.41, 5.74) is 0.745. The molecule has 1 aromatic heterocycles. The predicted molar refractivity (Wildman–Crippen MR) is 105 cm³/mol. The first-order valence-electron chi connectivity index (χ1n) is 9.66.